The van der Waals surface area contributed by atoms with Gasteiger partial charge in [0.1, 0.15) is 0 Å². The van der Waals surface area contributed by atoms with Crippen molar-refractivity contribution < 1.29 is 14.3 Å². The molecule has 2 aliphatic rings. The third-order valence-electron chi connectivity index (χ3n) is 6.60. The highest BCUT2D eigenvalue weighted by Crippen LogP contribution is 2.30. The lowest BCUT2D eigenvalue weighted by Gasteiger charge is -2.32. The molecule has 1 fully saturated rings. The van der Waals surface area contributed by atoms with Crippen LogP contribution in [0.1, 0.15) is 44.7 Å². The molecule has 6 nitrogen and oxygen atoms in total. The molecule has 0 saturated carbocycles. The van der Waals surface area contributed by atoms with E-state index in [0.29, 0.717) is 28.4 Å². The molecule has 0 radical (unpaired) electrons. The van der Waals surface area contributed by atoms with E-state index in [1.807, 2.05) is 18.2 Å². The number of amides is 2. The number of carbonyl (C=O) groups is 2. The standard InChI is InChI=1S/C28H28ClN3O3/c29-25-10-4-3-9-23(25)28(34)31-21-11-12-26(32-14-13-19-6-1-2-7-20(19)18-32)24(16-21)27(33)30-17-22-8-5-15-35-22/h1-4,6-7,9-12,16,22H,5,8,13-15,17-18H2,(H,30,33)(H,31,34). The molecule has 2 aliphatic heterocycles. The fourth-order valence-electron chi connectivity index (χ4n) is 4.72. The number of ether oxygens (including phenoxy) is 1. The number of anilines is 2. The van der Waals surface area contributed by atoms with E-state index in [0.717, 1.165) is 44.6 Å². The Morgan fingerprint density at radius 3 is 2.57 bits per heavy atom. The lowest BCUT2D eigenvalue weighted by Crippen LogP contribution is -2.35. The predicted octanol–water partition coefficient (Wildman–Crippen LogP) is 5.06. The summed E-state index contributed by atoms with van der Waals surface area (Å²) in [7, 11) is 0. The Hall–Kier alpha value is -3.35. The SMILES string of the molecule is O=C(Nc1ccc(N2CCc3ccccc3C2)c(C(=O)NCC2CCCO2)c1)c1ccccc1Cl. The Morgan fingerprint density at radius 2 is 1.77 bits per heavy atom. The van der Waals surface area contributed by atoms with Gasteiger partial charge in [-0.15, -0.1) is 0 Å². The van der Waals surface area contributed by atoms with E-state index in [9.17, 15) is 9.59 Å². The molecule has 0 aromatic heterocycles. The van der Waals surface area contributed by atoms with Crippen LogP contribution in [0.5, 0.6) is 0 Å². The summed E-state index contributed by atoms with van der Waals surface area (Å²) in [4.78, 5) is 28.4. The average Bonchev–Trinajstić information content (AvgIpc) is 3.41. The Balaban J connectivity index is 1.41. The summed E-state index contributed by atoms with van der Waals surface area (Å²) in [5.74, 6) is -0.496. The molecule has 1 unspecified atom stereocenters. The zero-order valence-corrected chi connectivity index (χ0v) is 20.2. The van der Waals surface area contributed by atoms with Crippen molar-refractivity contribution in [2.24, 2.45) is 0 Å². The molecule has 5 rings (SSSR count). The number of halogens is 1. The fraction of sp³-hybridized carbons (Fsp3) is 0.286. The summed E-state index contributed by atoms with van der Waals surface area (Å²) in [6.45, 7) is 2.75. The highest BCUT2D eigenvalue weighted by Gasteiger charge is 2.23. The number of hydrogen-bond donors (Lipinski definition) is 2. The second-order valence-electron chi connectivity index (χ2n) is 8.95. The molecule has 1 saturated heterocycles. The number of benzene rings is 3. The van der Waals surface area contributed by atoms with Gasteiger partial charge in [-0.05, 0) is 60.7 Å². The minimum Gasteiger partial charge on any atom is -0.376 e. The second-order valence-corrected chi connectivity index (χ2v) is 9.36. The van der Waals surface area contributed by atoms with Crippen LogP contribution in [0.25, 0.3) is 0 Å². The van der Waals surface area contributed by atoms with E-state index in [1.54, 1.807) is 30.3 Å². The number of rotatable bonds is 6. The lowest BCUT2D eigenvalue weighted by atomic mass is 9.98. The Morgan fingerprint density at radius 1 is 0.971 bits per heavy atom. The van der Waals surface area contributed by atoms with Gasteiger partial charge in [-0.1, -0.05) is 48.0 Å². The van der Waals surface area contributed by atoms with Gasteiger partial charge in [0.05, 0.1) is 22.3 Å². The molecular formula is C28H28ClN3O3. The third kappa shape index (κ3) is 5.34. The molecule has 35 heavy (non-hydrogen) atoms. The molecule has 3 aromatic carbocycles. The van der Waals surface area contributed by atoms with E-state index >= 15 is 0 Å². The number of hydrogen-bond acceptors (Lipinski definition) is 4. The van der Waals surface area contributed by atoms with Crippen molar-refractivity contribution in [2.75, 3.05) is 29.9 Å². The molecule has 2 amide bonds. The molecular weight excluding hydrogens is 462 g/mol. The van der Waals surface area contributed by atoms with Crippen LogP contribution in [0.15, 0.2) is 66.7 Å². The average molecular weight is 490 g/mol. The van der Waals surface area contributed by atoms with Crippen LogP contribution in [0, 0.1) is 0 Å². The molecule has 0 spiro atoms. The summed E-state index contributed by atoms with van der Waals surface area (Å²) < 4.78 is 5.67. The predicted molar refractivity (Wildman–Crippen MR) is 138 cm³/mol. The largest absolute Gasteiger partial charge is 0.376 e. The van der Waals surface area contributed by atoms with Gasteiger partial charge in [0.2, 0.25) is 0 Å². The van der Waals surface area contributed by atoms with E-state index < -0.39 is 0 Å². The maximum atomic E-state index is 13.3. The topological polar surface area (TPSA) is 70.7 Å². The zero-order valence-electron chi connectivity index (χ0n) is 19.4. The highest BCUT2D eigenvalue weighted by atomic mass is 35.5. The maximum Gasteiger partial charge on any atom is 0.257 e. The molecule has 0 aliphatic carbocycles. The summed E-state index contributed by atoms with van der Waals surface area (Å²) in [5.41, 5.74) is 4.91. The monoisotopic (exact) mass is 489 g/mol. The smallest absolute Gasteiger partial charge is 0.257 e. The van der Waals surface area contributed by atoms with Gasteiger partial charge in [-0.25, -0.2) is 0 Å². The molecule has 1 atom stereocenters. The minimum atomic E-state index is -0.319. The van der Waals surface area contributed by atoms with E-state index in [-0.39, 0.29) is 17.9 Å². The van der Waals surface area contributed by atoms with Crippen LogP contribution in [-0.2, 0) is 17.7 Å². The molecule has 3 aromatic rings. The van der Waals surface area contributed by atoms with Crippen molar-refractivity contribution in [1.29, 1.82) is 0 Å². The van der Waals surface area contributed by atoms with Crippen molar-refractivity contribution >= 4 is 34.8 Å². The molecule has 180 valence electrons. The summed E-state index contributed by atoms with van der Waals surface area (Å²) in [5, 5.41) is 6.31. The van der Waals surface area contributed by atoms with Gasteiger partial charge in [-0.2, -0.15) is 0 Å². The van der Waals surface area contributed by atoms with Crippen LogP contribution in [0.3, 0.4) is 0 Å². The van der Waals surface area contributed by atoms with Crippen LogP contribution in [0.4, 0.5) is 11.4 Å². The minimum absolute atomic E-state index is 0.0485. The van der Waals surface area contributed by atoms with Gasteiger partial charge in [0, 0.05) is 37.6 Å². The summed E-state index contributed by atoms with van der Waals surface area (Å²) in [6.07, 6.45) is 2.93. The quantitative estimate of drug-likeness (QED) is 0.507. The van der Waals surface area contributed by atoms with Crippen LogP contribution in [0.2, 0.25) is 5.02 Å². The van der Waals surface area contributed by atoms with Gasteiger partial charge in [0.25, 0.3) is 11.8 Å². The molecule has 2 heterocycles. The van der Waals surface area contributed by atoms with Crippen LogP contribution >= 0.6 is 11.6 Å². The molecule has 7 heteroatoms. The first-order valence-corrected chi connectivity index (χ1v) is 12.4. The zero-order chi connectivity index (χ0) is 24.2. The summed E-state index contributed by atoms with van der Waals surface area (Å²) >= 11 is 6.20. The second kappa shape index (κ2) is 10.5. The normalized spacial score (nSPS) is 17.1. The van der Waals surface area contributed by atoms with Crippen molar-refractivity contribution in [3.05, 3.63) is 94.0 Å². The molecule has 2 N–H and O–H groups in total. The van der Waals surface area contributed by atoms with Crippen LogP contribution < -0.4 is 15.5 Å². The Labute approximate surface area is 210 Å². The number of carbonyl (C=O) groups excluding carboxylic acids is 2. The maximum absolute atomic E-state index is 13.3. The van der Waals surface area contributed by atoms with Gasteiger partial charge < -0.3 is 20.3 Å². The Kier molecular flexibility index (Phi) is 7.02. The van der Waals surface area contributed by atoms with E-state index in [1.165, 1.54) is 11.1 Å². The molecule has 0 bridgehead atoms. The van der Waals surface area contributed by atoms with Crippen molar-refractivity contribution in [2.45, 2.75) is 31.9 Å². The lowest BCUT2D eigenvalue weighted by molar-refractivity contribution is 0.0858. The van der Waals surface area contributed by atoms with Crippen LogP contribution in [-0.4, -0.2) is 37.6 Å². The third-order valence-corrected chi connectivity index (χ3v) is 6.93. The van der Waals surface area contributed by atoms with Crippen molar-refractivity contribution in [3.63, 3.8) is 0 Å². The van der Waals surface area contributed by atoms with Gasteiger partial charge >= 0.3 is 0 Å². The first-order valence-electron chi connectivity index (χ1n) is 12.0. The van der Waals surface area contributed by atoms with Gasteiger partial charge in [0.15, 0.2) is 0 Å². The van der Waals surface area contributed by atoms with E-state index in [4.69, 9.17) is 16.3 Å². The van der Waals surface area contributed by atoms with Crippen molar-refractivity contribution in [3.8, 4) is 0 Å². The number of nitrogens with one attached hydrogen (secondary N) is 2. The fourth-order valence-corrected chi connectivity index (χ4v) is 4.95. The summed E-state index contributed by atoms with van der Waals surface area (Å²) in [6, 6.07) is 20.8. The number of nitrogens with zero attached hydrogens (tertiary/aromatic N) is 1. The van der Waals surface area contributed by atoms with Crippen molar-refractivity contribution in [1.82, 2.24) is 5.32 Å². The van der Waals surface area contributed by atoms with E-state index in [2.05, 4.69) is 33.7 Å². The first-order chi connectivity index (χ1) is 17.1. The number of fused-ring (bicyclic) bond motifs is 1. The first kappa shape index (κ1) is 23.4. The Bertz CT molecular complexity index is 1240. The highest BCUT2D eigenvalue weighted by molar-refractivity contribution is 6.34. The van der Waals surface area contributed by atoms with Gasteiger partial charge in [-0.3, -0.25) is 9.59 Å².